The third-order valence-electron chi connectivity index (χ3n) is 4.04. The van der Waals surface area contributed by atoms with Crippen molar-refractivity contribution >= 4 is 17.3 Å². The lowest BCUT2D eigenvalue weighted by Crippen LogP contribution is -2.38. The molecule has 0 bridgehead atoms. The van der Waals surface area contributed by atoms with Crippen molar-refractivity contribution in [1.29, 1.82) is 0 Å². The molecule has 132 valence electrons. The molecule has 1 heterocycles. The number of hydrogen-bond donors (Lipinski definition) is 0. The van der Waals surface area contributed by atoms with Crippen LogP contribution >= 0.6 is 0 Å². The Morgan fingerprint density at radius 3 is 2.60 bits per heavy atom. The summed E-state index contributed by atoms with van der Waals surface area (Å²) in [5.74, 6) is -2.18. The molecule has 0 atom stereocenters. The quantitative estimate of drug-likeness (QED) is 0.855. The molecule has 1 aliphatic rings. The van der Waals surface area contributed by atoms with E-state index >= 15 is 0 Å². The van der Waals surface area contributed by atoms with Gasteiger partial charge in [-0.25, -0.2) is 8.78 Å². The van der Waals surface area contributed by atoms with Gasteiger partial charge in [0.1, 0.15) is 23.7 Å². The minimum absolute atomic E-state index is 0.228. The molecule has 5 nitrogen and oxygen atoms in total. The van der Waals surface area contributed by atoms with Crippen molar-refractivity contribution in [2.24, 2.45) is 0 Å². The number of fused-ring (bicyclic) bond motifs is 1. The summed E-state index contributed by atoms with van der Waals surface area (Å²) in [6, 6.07) is 7.20. The van der Waals surface area contributed by atoms with Gasteiger partial charge in [-0.2, -0.15) is 0 Å². The maximum atomic E-state index is 14.2. The van der Waals surface area contributed by atoms with Crippen molar-refractivity contribution in [3.05, 3.63) is 47.5 Å². The summed E-state index contributed by atoms with van der Waals surface area (Å²) in [4.78, 5) is 16.2. The lowest BCUT2D eigenvalue weighted by molar-refractivity contribution is 0.0968. The zero-order valence-electron chi connectivity index (χ0n) is 14.2. The molecule has 7 heteroatoms. The number of ether oxygens (including phenoxy) is 2. The molecule has 2 aromatic rings. The van der Waals surface area contributed by atoms with Crippen LogP contribution in [-0.2, 0) is 0 Å². The molecular formula is C18H18F2N2O3. The second kappa shape index (κ2) is 6.58. The number of benzene rings is 2. The summed E-state index contributed by atoms with van der Waals surface area (Å²) in [7, 11) is 4.98. The predicted molar refractivity (Wildman–Crippen MR) is 90.9 cm³/mol. The van der Waals surface area contributed by atoms with Gasteiger partial charge in [-0.05, 0) is 24.3 Å². The number of anilines is 2. The SMILES string of the molecule is COc1c(F)ccc(F)c1C(=O)N1CCOc2cc(N(C)C)ccc21. The highest BCUT2D eigenvalue weighted by molar-refractivity contribution is 6.09. The number of halogens is 2. The molecule has 0 aromatic heterocycles. The molecule has 0 spiro atoms. The molecule has 2 aromatic carbocycles. The van der Waals surface area contributed by atoms with Crippen LogP contribution in [0.25, 0.3) is 0 Å². The van der Waals surface area contributed by atoms with Crippen molar-refractivity contribution in [3.8, 4) is 11.5 Å². The second-order valence-electron chi connectivity index (χ2n) is 5.79. The molecule has 1 aliphatic heterocycles. The van der Waals surface area contributed by atoms with Gasteiger partial charge in [-0.15, -0.1) is 0 Å². The molecule has 0 fully saturated rings. The van der Waals surface area contributed by atoms with E-state index < -0.39 is 28.9 Å². The third kappa shape index (κ3) is 2.97. The van der Waals surface area contributed by atoms with Gasteiger partial charge in [-0.3, -0.25) is 4.79 Å². The van der Waals surface area contributed by atoms with Gasteiger partial charge < -0.3 is 19.3 Å². The second-order valence-corrected chi connectivity index (χ2v) is 5.79. The molecule has 0 saturated heterocycles. The normalized spacial score (nSPS) is 13.1. The molecule has 0 saturated carbocycles. The van der Waals surface area contributed by atoms with Crippen LogP contribution in [0.1, 0.15) is 10.4 Å². The Kier molecular flexibility index (Phi) is 4.48. The Bertz CT molecular complexity index is 824. The van der Waals surface area contributed by atoms with Gasteiger partial charge in [-0.1, -0.05) is 0 Å². The highest BCUT2D eigenvalue weighted by Gasteiger charge is 2.30. The van der Waals surface area contributed by atoms with Gasteiger partial charge in [0.15, 0.2) is 11.6 Å². The highest BCUT2D eigenvalue weighted by Crippen LogP contribution is 2.37. The van der Waals surface area contributed by atoms with E-state index in [1.165, 1.54) is 12.0 Å². The summed E-state index contributed by atoms with van der Waals surface area (Å²) >= 11 is 0. The smallest absolute Gasteiger partial charge is 0.265 e. The number of carbonyl (C=O) groups is 1. The van der Waals surface area contributed by atoms with Gasteiger partial charge in [0.2, 0.25) is 0 Å². The standard InChI is InChI=1S/C18H18F2N2O3/c1-21(2)11-4-7-14-15(10-11)25-9-8-22(14)18(23)16-12(19)5-6-13(20)17(16)24-3/h4-7,10H,8-9H2,1-3H3. The first kappa shape index (κ1) is 17.0. The third-order valence-corrected chi connectivity index (χ3v) is 4.04. The molecule has 1 amide bonds. The van der Waals surface area contributed by atoms with Crippen LogP contribution in [0.3, 0.4) is 0 Å². The van der Waals surface area contributed by atoms with Crippen LogP contribution in [0.4, 0.5) is 20.2 Å². The van der Waals surface area contributed by atoms with Crippen molar-refractivity contribution < 1.29 is 23.0 Å². The lowest BCUT2D eigenvalue weighted by atomic mass is 10.1. The Labute approximate surface area is 144 Å². The predicted octanol–water partition coefficient (Wildman–Crippen LogP) is 3.08. The summed E-state index contributed by atoms with van der Waals surface area (Å²) in [5.41, 5.74) is 0.988. The first-order chi connectivity index (χ1) is 11.9. The van der Waals surface area contributed by atoms with E-state index in [1.807, 2.05) is 25.1 Å². The molecular weight excluding hydrogens is 330 g/mol. The van der Waals surface area contributed by atoms with Crippen LogP contribution in [0.2, 0.25) is 0 Å². The topological polar surface area (TPSA) is 42.0 Å². The molecule has 0 N–H and O–H groups in total. The van der Waals surface area contributed by atoms with Crippen LogP contribution in [0.5, 0.6) is 11.5 Å². The molecule has 3 rings (SSSR count). The van der Waals surface area contributed by atoms with Crippen molar-refractivity contribution in [3.63, 3.8) is 0 Å². The summed E-state index contributed by atoms with van der Waals surface area (Å²) in [5, 5.41) is 0. The fourth-order valence-corrected chi connectivity index (χ4v) is 2.76. The average Bonchev–Trinajstić information content (AvgIpc) is 2.61. The monoisotopic (exact) mass is 348 g/mol. The number of amides is 1. The molecule has 25 heavy (non-hydrogen) atoms. The summed E-state index contributed by atoms with van der Waals surface area (Å²) < 4.78 is 38.7. The lowest BCUT2D eigenvalue weighted by Gasteiger charge is -2.31. The van der Waals surface area contributed by atoms with Crippen LogP contribution in [0.15, 0.2) is 30.3 Å². The van der Waals surface area contributed by atoms with E-state index in [1.54, 1.807) is 12.1 Å². The Hall–Kier alpha value is -2.83. The molecule has 0 radical (unpaired) electrons. The van der Waals surface area contributed by atoms with E-state index in [-0.39, 0.29) is 13.2 Å². The summed E-state index contributed by atoms with van der Waals surface area (Å²) in [6.07, 6.45) is 0. The number of rotatable bonds is 3. The Morgan fingerprint density at radius 2 is 1.92 bits per heavy atom. The first-order valence-electron chi connectivity index (χ1n) is 7.72. The number of hydrogen-bond acceptors (Lipinski definition) is 4. The van der Waals surface area contributed by atoms with Crippen molar-refractivity contribution in [1.82, 2.24) is 0 Å². The summed E-state index contributed by atoms with van der Waals surface area (Å²) in [6.45, 7) is 0.487. The largest absolute Gasteiger partial charge is 0.493 e. The Morgan fingerprint density at radius 1 is 1.20 bits per heavy atom. The zero-order valence-corrected chi connectivity index (χ0v) is 14.2. The van der Waals surface area contributed by atoms with E-state index in [0.29, 0.717) is 11.4 Å². The highest BCUT2D eigenvalue weighted by atomic mass is 19.1. The number of methoxy groups -OCH3 is 1. The van der Waals surface area contributed by atoms with Crippen LogP contribution < -0.4 is 19.3 Å². The first-order valence-corrected chi connectivity index (χ1v) is 7.72. The van der Waals surface area contributed by atoms with Crippen molar-refractivity contribution in [2.75, 3.05) is 44.2 Å². The number of carbonyl (C=O) groups excluding carboxylic acids is 1. The fourth-order valence-electron chi connectivity index (χ4n) is 2.76. The Balaban J connectivity index is 2.05. The van der Waals surface area contributed by atoms with Crippen molar-refractivity contribution in [2.45, 2.75) is 0 Å². The number of nitrogens with zero attached hydrogens (tertiary/aromatic N) is 2. The zero-order chi connectivity index (χ0) is 18.1. The maximum absolute atomic E-state index is 14.2. The minimum Gasteiger partial charge on any atom is -0.493 e. The minimum atomic E-state index is -0.832. The van der Waals surface area contributed by atoms with Gasteiger partial charge in [0.25, 0.3) is 5.91 Å². The van der Waals surface area contributed by atoms with Gasteiger partial charge >= 0.3 is 0 Å². The van der Waals surface area contributed by atoms with E-state index in [0.717, 1.165) is 17.8 Å². The van der Waals surface area contributed by atoms with E-state index in [2.05, 4.69) is 0 Å². The van der Waals surface area contributed by atoms with Crippen LogP contribution in [0, 0.1) is 11.6 Å². The van der Waals surface area contributed by atoms with E-state index in [4.69, 9.17) is 9.47 Å². The van der Waals surface area contributed by atoms with Crippen LogP contribution in [-0.4, -0.2) is 40.3 Å². The molecule has 0 aliphatic carbocycles. The fraction of sp³-hybridized carbons (Fsp3) is 0.278. The average molecular weight is 348 g/mol. The van der Waals surface area contributed by atoms with Gasteiger partial charge in [0, 0.05) is 25.8 Å². The van der Waals surface area contributed by atoms with E-state index in [9.17, 15) is 13.6 Å². The van der Waals surface area contributed by atoms with Gasteiger partial charge in [0.05, 0.1) is 19.3 Å². The maximum Gasteiger partial charge on any atom is 0.265 e. The molecule has 0 unspecified atom stereocenters.